The lowest BCUT2D eigenvalue weighted by Gasteiger charge is -2.16. The topological polar surface area (TPSA) is 90.0 Å². The average molecular weight is 486 g/mol. The number of nitrogens with zero attached hydrogens (tertiary/aromatic N) is 1. The van der Waals surface area contributed by atoms with Crippen molar-refractivity contribution in [3.8, 4) is 11.5 Å². The predicted octanol–water partition coefficient (Wildman–Crippen LogP) is 5.67. The van der Waals surface area contributed by atoms with Crippen LogP contribution in [0.4, 0.5) is 5.69 Å². The normalized spacial score (nSPS) is 13.0. The van der Waals surface area contributed by atoms with E-state index in [9.17, 15) is 19.2 Å². The molecule has 0 radical (unpaired) electrons. The van der Waals surface area contributed by atoms with Crippen molar-refractivity contribution in [2.45, 2.75) is 34.6 Å². The second-order valence-corrected chi connectivity index (χ2v) is 9.75. The molecule has 3 aromatic carbocycles. The zero-order valence-corrected chi connectivity index (χ0v) is 20.9. The van der Waals surface area contributed by atoms with Gasteiger partial charge in [-0.05, 0) is 73.5 Å². The molecule has 1 aliphatic heterocycles. The SMILES string of the molecule is Cc1cccc(Oc2ccc(N3C(=O)c4ccc(C(=O)OCC(=O)C(C)(C)C)cc4C3=O)cc2)c1C. The Labute approximate surface area is 209 Å². The number of hydrogen-bond acceptors (Lipinski definition) is 6. The maximum absolute atomic E-state index is 13.1. The number of hydrogen-bond donors (Lipinski definition) is 0. The molecule has 0 spiro atoms. The van der Waals surface area contributed by atoms with Gasteiger partial charge in [0, 0.05) is 5.41 Å². The van der Waals surface area contributed by atoms with E-state index in [1.165, 1.54) is 18.2 Å². The van der Waals surface area contributed by atoms with Crippen molar-refractivity contribution in [1.82, 2.24) is 0 Å². The van der Waals surface area contributed by atoms with Gasteiger partial charge in [-0.1, -0.05) is 32.9 Å². The second kappa shape index (κ2) is 9.41. The Balaban J connectivity index is 1.50. The van der Waals surface area contributed by atoms with Crippen LogP contribution in [0.5, 0.6) is 11.5 Å². The molecule has 36 heavy (non-hydrogen) atoms. The zero-order chi connectivity index (χ0) is 26.2. The number of fused-ring (bicyclic) bond motifs is 1. The largest absolute Gasteiger partial charge is 0.457 e. The maximum atomic E-state index is 13.1. The summed E-state index contributed by atoms with van der Waals surface area (Å²) in [5.41, 5.74) is 2.27. The Hall–Kier alpha value is -4.26. The molecule has 0 fully saturated rings. The third-order valence-corrected chi connectivity index (χ3v) is 6.17. The van der Waals surface area contributed by atoms with E-state index in [4.69, 9.17) is 9.47 Å². The van der Waals surface area contributed by atoms with Gasteiger partial charge < -0.3 is 9.47 Å². The fourth-order valence-corrected chi connectivity index (χ4v) is 3.66. The van der Waals surface area contributed by atoms with Crippen LogP contribution in [-0.4, -0.2) is 30.2 Å². The summed E-state index contributed by atoms with van der Waals surface area (Å²) in [6.45, 7) is 8.82. The van der Waals surface area contributed by atoms with Gasteiger partial charge in [0.05, 0.1) is 22.4 Å². The highest BCUT2D eigenvalue weighted by atomic mass is 16.5. The first-order valence-electron chi connectivity index (χ1n) is 11.5. The number of esters is 1. The van der Waals surface area contributed by atoms with Crippen LogP contribution in [0.3, 0.4) is 0 Å². The van der Waals surface area contributed by atoms with Crippen LogP contribution in [0.2, 0.25) is 0 Å². The molecule has 0 unspecified atom stereocenters. The molecule has 1 heterocycles. The van der Waals surface area contributed by atoms with E-state index in [0.29, 0.717) is 11.4 Å². The van der Waals surface area contributed by atoms with E-state index >= 15 is 0 Å². The van der Waals surface area contributed by atoms with E-state index in [2.05, 4.69) is 0 Å². The van der Waals surface area contributed by atoms with Crippen LogP contribution in [0.1, 0.15) is 63.0 Å². The van der Waals surface area contributed by atoms with Crippen LogP contribution >= 0.6 is 0 Å². The molecule has 1 aliphatic rings. The molecule has 0 aliphatic carbocycles. The highest BCUT2D eigenvalue weighted by molar-refractivity contribution is 6.34. The van der Waals surface area contributed by atoms with Crippen molar-refractivity contribution in [1.29, 1.82) is 0 Å². The number of benzene rings is 3. The van der Waals surface area contributed by atoms with Gasteiger partial charge in [0.2, 0.25) is 0 Å². The molecule has 7 heteroatoms. The highest BCUT2D eigenvalue weighted by Gasteiger charge is 2.37. The van der Waals surface area contributed by atoms with Gasteiger partial charge in [-0.2, -0.15) is 0 Å². The lowest BCUT2D eigenvalue weighted by atomic mass is 9.91. The number of ketones is 1. The minimum atomic E-state index is -0.734. The van der Waals surface area contributed by atoms with Crippen molar-refractivity contribution in [3.05, 3.63) is 88.5 Å². The van der Waals surface area contributed by atoms with Crippen LogP contribution in [0.15, 0.2) is 60.7 Å². The van der Waals surface area contributed by atoms with Gasteiger partial charge in [-0.25, -0.2) is 9.69 Å². The number of imide groups is 1. The fraction of sp³-hybridized carbons (Fsp3) is 0.241. The van der Waals surface area contributed by atoms with E-state index in [1.54, 1.807) is 45.0 Å². The average Bonchev–Trinajstić information content (AvgIpc) is 3.09. The third-order valence-electron chi connectivity index (χ3n) is 6.17. The first-order valence-corrected chi connectivity index (χ1v) is 11.5. The molecule has 0 bridgehead atoms. The molecule has 0 atom stereocenters. The molecule has 4 rings (SSSR count). The molecular formula is C29H27NO6. The van der Waals surface area contributed by atoms with E-state index in [1.807, 2.05) is 32.0 Å². The number of ether oxygens (including phenoxy) is 2. The van der Waals surface area contributed by atoms with E-state index < -0.39 is 23.2 Å². The molecule has 7 nitrogen and oxygen atoms in total. The molecular weight excluding hydrogens is 458 g/mol. The lowest BCUT2D eigenvalue weighted by Crippen LogP contribution is -2.29. The summed E-state index contributed by atoms with van der Waals surface area (Å²) in [5, 5.41) is 0. The Morgan fingerprint density at radius 3 is 2.19 bits per heavy atom. The van der Waals surface area contributed by atoms with Crippen molar-refractivity contribution in [3.63, 3.8) is 0 Å². The molecule has 0 saturated heterocycles. The summed E-state index contributed by atoms with van der Waals surface area (Å²) in [4.78, 5) is 51.6. The van der Waals surface area contributed by atoms with Crippen molar-refractivity contribution in [2.75, 3.05) is 11.5 Å². The van der Waals surface area contributed by atoms with E-state index in [-0.39, 0.29) is 29.1 Å². The molecule has 0 saturated carbocycles. The summed E-state index contributed by atoms with van der Waals surface area (Å²) in [7, 11) is 0. The standard InChI is InChI=1S/C29H27NO6/c1-17-7-6-8-24(18(17)2)36-21-12-10-20(11-13-21)30-26(32)22-14-9-19(15-23(22)27(30)33)28(34)35-16-25(31)29(3,4)5/h6-15H,16H2,1-5H3. The van der Waals surface area contributed by atoms with E-state index in [0.717, 1.165) is 21.8 Å². The minimum Gasteiger partial charge on any atom is -0.457 e. The monoisotopic (exact) mass is 485 g/mol. The first kappa shape index (κ1) is 24.9. The summed E-state index contributed by atoms with van der Waals surface area (Å²) in [6, 6.07) is 16.6. The van der Waals surface area contributed by atoms with Gasteiger partial charge in [-0.15, -0.1) is 0 Å². The minimum absolute atomic E-state index is 0.0933. The van der Waals surface area contributed by atoms with Crippen LogP contribution in [-0.2, 0) is 9.53 Å². The van der Waals surface area contributed by atoms with Crippen LogP contribution in [0, 0.1) is 19.3 Å². The number of amides is 2. The Bertz CT molecular complexity index is 1380. The van der Waals surface area contributed by atoms with Gasteiger partial charge in [-0.3, -0.25) is 14.4 Å². The van der Waals surface area contributed by atoms with Crippen molar-refractivity contribution < 1.29 is 28.7 Å². The number of aryl methyl sites for hydroxylation is 1. The Morgan fingerprint density at radius 2 is 1.53 bits per heavy atom. The van der Waals surface area contributed by atoms with Gasteiger partial charge in [0.25, 0.3) is 11.8 Å². The lowest BCUT2D eigenvalue weighted by molar-refractivity contribution is -0.129. The summed E-state index contributed by atoms with van der Waals surface area (Å²) >= 11 is 0. The van der Waals surface area contributed by atoms with Crippen molar-refractivity contribution >= 4 is 29.3 Å². The van der Waals surface area contributed by atoms with Gasteiger partial charge in [0.15, 0.2) is 12.4 Å². The number of carbonyl (C=O) groups excluding carboxylic acids is 4. The molecule has 0 aromatic heterocycles. The molecule has 184 valence electrons. The maximum Gasteiger partial charge on any atom is 0.338 e. The smallest absolute Gasteiger partial charge is 0.338 e. The van der Waals surface area contributed by atoms with Gasteiger partial charge >= 0.3 is 5.97 Å². The second-order valence-electron chi connectivity index (χ2n) is 9.75. The highest BCUT2D eigenvalue weighted by Crippen LogP contribution is 2.32. The Kier molecular flexibility index (Phi) is 6.50. The Morgan fingerprint density at radius 1 is 0.861 bits per heavy atom. The third kappa shape index (κ3) is 4.77. The van der Waals surface area contributed by atoms with Crippen LogP contribution in [0.25, 0.3) is 0 Å². The number of anilines is 1. The van der Waals surface area contributed by atoms with Crippen LogP contribution < -0.4 is 9.64 Å². The fourth-order valence-electron chi connectivity index (χ4n) is 3.66. The summed E-state index contributed by atoms with van der Waals surface area (Å²) in [6.07, 6.45) is 0. The first-order chi connectivity index (χ1) is 17.0. The quantitative estimate of drug-likeness (QED) is 0.330. The predicted molar refractivity (Wildman–Crippen MR) is 135 cm³/mol. The zero-order valence-electron chi connectivity index (χ0n) is 20.9. The summed E-state index contributed by atoms with van der Waals surface area (Å²) < 4.78 is 11.1. The van der Waals surface area contributed by atoms with Gasteiger partial charge in [0.1, 0.15) is 11.5 Å². The summed E-state index contributed by atoms with van der Waals surface area (Å²) in [5.74, 6) is -0.688. The number of carbonyl (C=O) groups is 4. The number of rotatable bonds is 6. The molecule has 3 aromatic rings. The molecule has 2 amide bonds. The number of Topliss-reactive ketones (excluding diaryl/α,β-unsaturated/α-hetero) is 1. The van der Waals surface area contributed by atoms with Crippen molar-refractivity contribution in [2.24, 2.45) is 5.41 Å². The molecule has 0 N–H and O–H groups in total.